The molecule has 0 saturated carbocycles. The largest absolute Gasteiger partial charge is 0.507 e. The van der Waals surface area contributed by atoms with Gasteiger partial charge >= 0.3 is 0 Å². The standard InChI is InChI=1S/C15H11N5O2.C5H11N/c1-20-7-8-4-9(13(21)5-12(8)19-20)14-17-6-10-11(18-14)2-3-16-15(10)22;1-2-4-6-5-3-1/h2-7,21H,1H3,(H,16,22);6H,1-5H2. The van der Waals surface area contributed by atoms with Crippen LogP contribution >= 0.6 is 0 Å². The van der Waals surface area contributed by atoms with E-state index in [1.54, 1.807) is 22.9 Å². The van der Waals surface area contributed by atoms with Crippen LogP contribution in [0.5, 0.6) is 5.75 Å². The first-order chi connectivity index (χ1) is 13.6. The second-order valence-electron chi connectivity index (χ2n) is 6.84. The quantitative estimate of drug-likeness (QED) is 0.469. The van der Waals surface area contributed by atoms with Crippen LogP contribution in [0.3, 0.4) is 0 Å². The van der Waals surface area contributed by atoms with Gasteiger partial charge in [0.25, 0.3) is 5.56 Å². The summed E-state index contributed by atoms with van der Waals surface area (Å²) in [7, 11) is 1.82. The van der Waals surface area contributed by atoms with Gasteiger partial charge in [-0.15, -0.1) is 0 Å². The fourth-order valence-electron chi connectivity index (χ4n) is 3.27. The number of nitrogens with zero attached hydrogens (tertiary/aromatic N) is 4. The monoisotopic (exact) mass is 378 g/mol. The number of benzene rings is 1. The Hall–Kier alpha value is -3.26. The fraction of sp³-hybridized carbons (Fsp3) is 0.300. The highest BCUT2D eigenvalue weighted by molar-refractivity contribution is 5.87. The van der Waals surface area contributed by atoms with E-state index in [1.807, 2.05) is 13.2 Å². The van der Waals surface area contributed by atoms with Crippen molar-refractivity contribution in [2.24, 2.45) is 7.05 Å². The van der Waals surface area contributed by atoms with E-state index in [9.17, 15) is 9.90 Å². The highest BCUT2D eigenvalue weighted by Crippen LogP contribution is 2.31. The topological polar surface area (TPSA) is 109 Å². The van der Waals surface area contributed by atoms with E-state index in [0.29, 0.717) is 27.8 Å². The van der Waals surface area contributed by atoms with Gasteiger partial charge in [0.05, 0.1) is 22.0 Å². The first kappa shape index (κ1) is 18.1. The van der Waals surface area contributed by atoms with E-state index in [0.717, 1.165) is 5.39 Å². The molecule has 1 aliphatic heterocycles. The molecule has 4 heterocycles. The van der Waals surface area contributed by atoms with Crippen molar-refractivity contribution in [1.29, 1.82) is 0 Å². The molecule has 1 aromatic carbocycles. The molecule has 3 N–H and O–H groups in total. The van der Waals surface area contributed by atoms with E-state index < -0.39 is 0 Å². The van der Waals surface area contributed by atoms with Gasteiger partial charge in [-0.3, -0.25) is 9.48 Å². The van der Waals surface area contributed by atoms with Crippen molar-refractivity contribution in [3.63, 3.8) is 0 Å². The molecule has 8 heteroatoms. The van der Waals surface area contributed by atoms with Crippen LogP contribution in [0.25, 0.3) is 33.2 Å². The van der Waals surface area contributed by atoms with E-state index in [2.05, 4.69) is 25.4 Å². The molecule has 1 aliphatic rings. The molecule has 0 amide bonds. The third-order valence-electron chi connectivity index (χ3n) is 4.70. The fourth-order valence-corrected chi connectivity index (χ4v) is 3.27. The number of H-pyrrole nitrogens is 1. The van der Waals surface area contributed by atoms with Crippen LogP contribution in [0.1, 0.15) is 19.3 Å². The number of nitrogens with one attached hydrogen (secondary N) is 2. The third-order valence-corrected chi connectivity index (χ3v) is 4.70. The molecule has 0 aliphatic carbocycles. The number of aryl methyl sites for hydroxylation is 1. The molecule has 8 nitrogen and oxygen atoms in total. The Bertz CT molecular complexity index is 1160. The summed E-state index contributed by atoms with van der Waals surface area (Å²) < 4.78 is 1.68. The summed E-state index contributed by atoms with van der Waals surface area (Å²) in [4.78, 5) is 22.8. The van der Waals surface area contributed by atoms with Crippen molar-refractivity contribution in [2.75, 3.05) is 13.1 Å². The Balaban J connectivity index is 0.000000275. The summed E-state index contributed by atoms with van der Waals surface area (Å²) in [5.74, 6) is 0.414. The SMILES string of the molecule is C1CCNCC1.Cn1cc2cc(-c3ncc4c(=O)[nH]ccc4n3)c(O)cc2n1. The normalized spacial score (nSPS) is 14.0. The van der Waals surface area contributed by atoms with E-state index in [1.165, 1.54) is 44.7 Å². The maximum absolute atomic E-state index is 11.7. The van der Waals surface area contributed by atoms with Gasteiger partial charge in [0.15, 0.2) is 5.82 Å². The Kier molecular flexibility index (Phi) is 5.03. The van der Waals surface area contributed by atoms with E-state index in [-0.39, 0.29) is 11.3 Å². The molecule has 28 heavy (non-hydrogen) atoms. The summed E-state index contributed by atoms with van der Waals surface area (Å²) in [5.41, 5.74) is 1.49. The van der Waals surface area contributed by atoms with Gasteiger partial charge in [0.2, 0.25) is 0 Å². The number of aromatic amines is 1. The van der Waals surface area contributed by atoms with Gasteiger partial charge < -0.3 is 15.4 Å². The number of rotatable bonds is 1. The zero-order chi connectivity index (χ0) is 19.5. The molecule has 0 spiro atoms. The summed E-state index contributed by atoms with van der Waals surface area (Å²) in [6.45, 7) is 2.50. The number of pyridine rings is 1. The van der Waals surface area contributed by atoms with Gasteiger partial charge in [0.1, 0.15) is 5.75 Å². The predicted octanol–water partition coefficient (Wildman–Crippen LogP) is 2.34. The molecule has 0 unspecified atom stereocenters. The van der Waals surface area contributed by atoms with Crippen LogP contribution in [-0.2, 0) is 7.05 Å². The molecule has 1 fully saturated rings. The van der Waals surface area contributed by atoms with Crippen molar-refractivity contribution >= 4 is 21.8 Å². The molecule has 0 bridgehead atoms. The van der Waals surface area contributed by atoms with Crippen LogP contribution in [0.2, 0.25) is 0 Å². The zero-order valence-corrected chi connectivity index (χ0v) is 15.6. The van der Waals surface area contributed by atoms with Crippen LogP contribution < -0.4 is 10.9 Å². The van der Waals surface area contributed by atoms with Crippen molar-refractivity contribution < 1.29 is 5.11 Å². The average molecular weight is 378 g/mol. The van der Waals surface area contributed by atoms with E-state index in [4.69, 9.17) is 0 Å². The maximum Gasteiger partial charge on any atom is 0.258 e. The zero-order valence-electron chi connectivity index (χ0n) is 15.6. The first-order valence-corrected chi connectivity index (χ1v) is 9.34. The van der Waals surface area contributed by atoms with Crippen molar-refractivity contribution in [3.8, 4) is 17.1 Å². The lowest BCUT2D eigenvalue weighted by Gasteiger charge is -2.08. The molecular weight excluding hydrogens is 356 g/mol. The van der Waals surface area contributed by atoms with Crippen molar-refractivity contribution in [3.05, 3.63) is 47.1 Å². The minimum atomic E-state index is -0.240. The Labute approximate surface area is 161 Å². The van der Waals surface area contributed by atoms with Crippen molar-refractivity contribution in [2.45, 2.75) is 19.3 Å². The highest BCUT2D eigenvalue weighted by atomic mass is 16.3. The lowest BCUT2D eigenvalue weighted by molar-refractivity contribution is 0.477. The van der Waals surface area contributed by atoms with Crippen molar-refractivity contribution in [1.82, 2.24) is 30.0 Å². The number of phenolic OH excluding ortho intramolecular Hbond substituents is 1. The molecule has 0 atom stereocenters. The summed E-state index contributed by atoms with van der Waals surface area (Å²) >= 11 is 0. The van der Waals surface area contributed by atoms with Crippen LogP contribution in [0.15, 0.2) is 41.6 Å². The number of hydrogen-bond donors (Lipinski definition) is 3. The first-order valence-electron chi connectivity index (χ1n) is 9.34. The summed E-state index contributed by atoms with van der Waals surface area (Å²) in [5, 5.41) is 19.0. The maximum atomic E-state index is 11.7. The highest BCUT2D eigenvalue weighted by Gasteiger charge is 2.12. The number of phenols is 1. The molecule has 1 saturated heterocycles. The summed E-state index contributed by atoms with van der Waals surface area (Å²) in [6.07, 6.45) is 9.06. The lowest BCUT2D eigenvalue weighted by atomic mass is 10.1. The van der Waals surface area contributed by atoms with Crippen LogP contribution in [-0.4, -0.2) is 42.9 Å². The van der Waals surface area contributed by atoms with Gasteiger partial charge in [-0.2, -0.15) is 5.10 Å². The Morgan fingerprint density at radius 2 is 1.96 bits per heavy atom. The van der Waals surface area contributed by atoms with Gasteiger partial charge in [-0.05, 0) is 38.1 Å². The van der Waals surface area contributed by atoms with E-state index >= 15 is 0 Å². The number of aromatic hydroxyl groups is 1. The summed E-state index contributed by atoms with van der Waals surface area (Å²) in [6, 6.07) is 5.06. The minimum Gasteiger partial charge on any atom is -0.507 e. The molecule has 3 aromatic heterocycles. The number of hydrogen-bond acceptors (Lipinski definition) is 6. The predicted molar refractivity (Wildman–Crippen MR) is 108 cm³/mol. The van der Waals surface area contributed by atoms with Gasteiger partial charge in [0, 0.05) is 37.1 Å². The van der Waals surface area contributed by atoms with Gasteiger partial charge in [-0.1, -0.05) is 6.42 Å². The lowest BCUT2D eigenvalue weighted by Crippen LogP contribution is -2.21. The Morgan fingerprint density at radius 3 is 2.68 bits per heavy atom. The molecule has 0 radical (unpaired) electrons. The van der Waals surface area contributed by atoms with Crippen LogP contribution in [0.4, 0.5) is 0 Å². The number of fused-ring (bicyclic) bond motifs is 2. The second-order valence-corrected chi connectivity index (χ2v) is 6.84. The molecule has 144 valence electrons. The Morgan fingerprint density at radius 1 is 1.14 bits per heavy atom. The smallest absolute Gasteiger partial charge is 0.258 e. The molecule has 5 rings (SSSR count). The minimum absolute atomic E-state index is 0.0513. The number of aromatic nitrogens is 5. The van der Waals surface area contributed by atoms with Crippen LogP contribution in [0, 0.1) is 0 Å². The third kappa shape index (κ3) is 3.72. The van der Waals surface area contributed by atoms with Gasteiger partial charge in [-0.25, -0.2) is 9.97 Å². The second kappa shape index (κ2) is 7.77. The molecular formula is C20H22N6O2. The molecule has 4 aromatic rings. The number of piperidine rings is 1. The average Bonchev–Trinajstić information content (AvgIpc) is 3.08.